The van der Waals surface area contributed by atoms with Gasteiger partial charge in [0, 0.05) is 18.5 Å². The highest BCUT2D eigenvalue weighted by atomic mass is 19.1. The lowest BCUT2D eigenvalue weighted by molar-refractivity contribution is 0.0564. The largest absolute Gasteiger partial charge is 0.443 e. The summed E-state index contributed by atoms with van der Waals surface area (Å²) in [5.74, 6) is 0.284. The van der Waals surface area contributed by atoms with Gasteiger partial charge in [-0.25, -0.2) is 13.8 Å². The zero-order valence-electron chi connectivity index (χ0n) is 17.8. The van der Waals surface area contributed by atoms with Crippen molar-refractivity contribution in [1.82, 2.24) is 20.1 Å². The Labute approximate surface area is 189 Å². The summed E-state index contributed by atoms with van der Waals surface area (Å²) in [5, 5.41) is 7.03. The van der Waals surface area contributed by atoms with E-state index in [4.69, 9.17) is 4.42 Å². The number of carbonyl (C=O) groups is 1. The van der Waals surface area contributed by atoms with Crippen molar-refractivity contribution in [3.8, 4) is 11.3 Å². The first-order chi connectivity index (χ1) is 16.1. The molecule has 1 atom stereocenters. The summed E-state index contributed by atoms with van der Waals surface area (Å²) < 4.78 is 32.7. The molecule has 0 aliphatic carbocycles. The van der Waals surface area contributed by atoms with E-state index in [1.54, 1.807) is 35.4 Å². The molecule has 0 bridgehead atoms. The van der Waals surface area contributed by atoms with Crippen molar-refractivity contribution in [2.75, 3.05) is 6.54 Å². The molecule has 6 nitrogen and oxygen atoms in total. The van der Waals surface area contributed by atoms with E-state index in [1.807, 2.05) is 6.07 Å². The van der Waals surface area contributed by atoms with E-state index in [9.17, 15) is 13.6 Å². The highest BCUT2D eigenvalue weighted by Gasteiger charge is 2.33. The van der Waals surface area contributed by atoms with Crippen molar-refractivity contribution in [3.63, 3.8) is 0 Å². The summed E-state index contributed by atoms with van der Waals surface area (Å²) in [6.45, 7) is 0.579. The lowest BCUT2D eigenvalue weighted by Gasteiger charge is -2.33. The Kier molecular flexibility index (Phi) is 5.73. The molecule has 1 unspecified atom stereocenters. The molecule has 1 N–H and O–H groups in total. The van der Waals surface area contributed by atoms with Gasteiger partial charge in [-0.2, -0.15) is 5.10 Å². The predicted molar refractivity (Wildman–Crippen MR) is 117 cm³/mol. The summed E-state index contributed by atoms with van der Waals surface area (Å²) in [6, 6.07) is 13.7. The van der Waals surface area contributed by atoms with Crippen LogP contribution in [0.5, 0.6) is 0 Å². The molecule has 0 radical (unpaired) electrons. The molecule has 2 aromatic heterocycles. The van der Waals surface area contributed by atoms with Crippen LogP contribution in [-0.2, 0) is 6.42 Å². The van der Waals surface area contributed by atoms with Gasteiger partial charge in [0.25, 0.3) is 5.91 Å². The Bertz CT molecular complexity index is 1270. The predicted octanol–water partition coefficient (Wildman–Crippen LogP) is 5.30. The lowest BCUT2D eigenvalue weighted by Crippen LogP contribution is -2.38. The van der Waals surface area contributed by atoms with Crippen molar-refractivity contribution >= 4 is 5.91 Å². The van der Waals surface area contributed by atoms with Gasteiger partial charge in [-0.05, 0) is 67.3 Å². The minimum atomic E-state index is -0.329. The molecular formula is C25H22F2N4O2. The van der Waals surface area contributed by atoms with Crippen molar-refractivity contribution in [2.45, 2.75) is 31.7 Å². The van der Waals surface area contributed by atoms with E-state index < -0.39 is 0 Å². The molecule has 0 saturated carbocycles. The number of hydrogen-bond donors (Lipinski definition) is 1. The fraction of sp³-hybridized carbons (Fsp3) is 0.240. The molecule has 1 fully saturated rings. The van der Waals surface area contributed by atoms with Crippen LogP contribution in [0.1, 0.15) is 53.0 Å². The van der Waals surface area contributed by atoms with E-state index in [1.165, 1.54) is 24.3 Å². The summed E-state index contributed by atoms with van der Waals surface area (Å²) in [5.41, 5.74) is 2.44. The van der Waals surface area contributed by atoms with Crippen LogP contribution < -0.4 is 0 Å². The van der Waals surface area contributed by atoms with Gasteiger partial charge in [0.2, 0.25) is 5.89 Å². The van der Waals surface area contributed by atoms with Crippen molar-refractivity contribution < 1.29 is 18.0 Å². The highest BCUT2D eigenvalue weighted by Crippen LogP contribution is 2.32. The van der Waals surface area contributed by atoms with Gasteiger partial charge < -0.3 is 9.32 Å². The number of benzene rings is 2. The molecule has 1 amide bonds. The van der Waals surface area contributed by atoms with Gasteiger partial charge in [-0.3, -0.25) is 9.89 Å². The minimum absolute atomic E-state index is 0.189. The molecule has 1 aliphatic rings. The second kappa shape index (κ2) is 8.97. The fourth-order valence-electron chi connectivity index (χ4n) is 4.19. The molecule has 5 rings (SSSR count). The highest BCUT2D eigenvalue weighted by molar-refractivity contribution is 5.93. The number of carbonyl (C=O) groups excluding carboxylic acids is 1. The standard InChI is InChI=1S/C25H22F2N4O2/c26-18-9-7-17(8-10-18)21-14-22(30-29-21)25(32)31-11-2-1-6-23(31)24-28-15-20(33-24)13-16-4-3-5-19(27)12-16/h3-5,7-10,12,14-15,23H,1-2,6,11,13H2,(H,29,30). The van der Waals surface area contributed by atoms with E-state index in [-0.39, 0.29) is 23.6 Å². The number of hydrogen-bond acceptors (Lipinski definition) is 4. The number of likely N-dealkylation sites (tertiary alicyclic amines) is 1. The monoisotopic (exact) mass is 448 g/mol. The van der Waals surface area contributed by atoms with Crippen molar-refractivity contribution in [2.24, 2.45) is 0 Å². The van der Waals surface area contributed by atoms with Crippen LogP contribution in [0.2, 0.25) is 0 Å². The minimum Gasteiger partial charge on any atom is -0.443 e. The number of nitrogens with one attached hydrogen (secondary N) is 1. The third kappa shape index (κ3) is 4.55. The van der Waals surface area contributed by atoms with Gasteiger partial charge in [0.15, 0.2) is 0 Å². The van der Waals surface area contributed by atoms with Crippen molar-refractivity contribution in [3.05, 3.63) is 95.3 Å². The van der Waals surface area contributed by atoms with Gasteiger partial charge >= 0.3 is 0 Å². The van der Waals surface area contributed by atoms with E-state index >= 15 is 0 Å². The van der Waals surface area contributed by atoms with Crippen LogP contribution in [0.3, 0.4) is 0 Å². The van der Waals surface area contributed by atoms with Crippen LogP contribution in [0.15, 0.2) is 65.2 Å². The molecule has 4 aromatic rings. The molecule has 1 aliphatic heterocycles. The Balaban J connectivity index is 1.34. The molecule has 1 saturated heterocycles. The fourth-order valence-corrected chi connectivity index (χ4v) is 4.19. The average molecular weight is 448 g/mol. The number of piperidine rings is 1. The lowest BCUT2D eigenvalue weighted by atomic mass is 10.0. The second-order valence-electron chi connectivity index (χ2n) is 8.16. The number of nitrogens with zero attached hydrogens (tertiary/aromatic N) is 3. The zero-order valence-corrected chi connectivity index (χ0v) is 17.8. The van der Waals surface area contributed by atoms with Crippen LogP contribution in [0.25, 0.3) is 11.3 Å². The molecule has 2 aromatic carbocycles. The van der Waals surface area contributed by atoms with E-state index in [0.29, 0.717) is 36.0 Å². The third-order valence-corrected chi connectivity index (χ3v) is 5.84. The van der Waals surface area contributed by atoms with Crippen LogP contribution in [0, 0.1) is 11.6 Å². The van der Waals surface area contributed by atoms with Crippen LogP contribution >= 0.6 is 0 Å². The van der Waals surface area contributed by atoms with Crippen molar-refractivity contribution in [1.29, 1.82) is 0 Å². The molecule has 3 heterocycles. The van der Waals surface area contributed by atoms with Gasteiger partial charge in [0.1, 0.15) is 29.1 Å². The molecule has 168 valence electrons. The van der Waals surface area contributed by atoms with Gasteiger partial charge in [-0.1, -0.05) is 12.1 Å². The summed E-state index contributed by atoms with van der Waals surface area (Å²) >= 11 is 0. The molecular weight excluding hydrogens is 426 g/mol. The normalized spacial score (nSPS) is 16.2. The first-order valence-corrected chi connectivity index (χ1v) is 10.9. The van der Waals surface area contributed by atoms with Crippen LogP contribution in [0.4, 0.5) is 8.78 Å². The number of halogens is 2. The van der Waals surface area contributed by atoms with E-state index in [0.717, 1.165) is 30.4 Å². The first-order valence-electron chi connectivity index (χ1n) is 10.9. The summed E-state index contributed by atoms with van der Waals surface area (Å²) in [4.78, 5) is 19.5. The Morgan fingerprint density at radius 3 is 2.76 bits per heavy atom. The number of aromatic nitrogens is 3. The van der Waals surface area contributed by atoms with Crippen LogP contribution in [-0.4, -0.2) is 32.5 Å². The maximum atomic E-state index is 13.5. The molecule has 33 heavy (non-hydrogen) atoms. The zero-order chi connectivity index (χ0) is 22.8. The Hall–Kier alpha value is -3.81. The number of H-pyrrole nitrogens is 1. The third-order valence-electron chi connectivity index (χ3n) is 5.84. The maximum absolute atomic E-state index is 13.5. The number of amides is 1. The Morgan fingerprint density at radius 2 is 1.94 bits per heavy atom. The topological polar surface area (TPSA) is 75.0 Å². The second-order valence-corrected chi connectivity index (χ2v) is 8.16. The molecule has 0 spiro atoms. The summed E-state index contributed by atoms with van der Waals surface area (Å²) in [7, 11) is 0. The quantitative estimate of drug-likeness (QED) is 0.450. The average Bonchev–Trinajstić information content (AvgIpc) is 3.49. The number of rotatable bonds is 5. The van der Waals surface area contributed by atoms with E-state index in [2.05, 4.69) is 15.2 Å². The Morgan fingerprint density at radius 1 is 1.09 bits per heavy atom. The molecule has 8 heteroatoms. The van der Waals surface area contributed by atoms with Gasteiger partial charge in [0.05, 0.1) is 11.9 Å². The van der Waals surface area contributed by atoms with Gasteiger partial charge in [-0.15, -0.1) is 0 Å². The smallest absolute Gasteiger partial charge is 0.272 e. The number of oxazole rings is 1. The first kappa shape index (κ1) is 21.1. The number of aromatic amines is 1. The summed E-state index contributed by atoms with van der Waals surface area (Å²) in [6.07, 6.45) is 4.65. The SMILES string of the molecule is O=C(c1cc(-c2ccc(F)cc2)n[nH]1)N1CCCCC1c1ncc(Cc2cccc(F)c2)o1. The maximum Gasteiger partial charge on any atom is 0.272 e.